The molecular weight excluding hydrogens is 466 g/mol. The molecule has 0 aliphatic carbocycles. The number of thioether (sulfide) groups is 1. The number of likely N-dealkylation sites (tertiary alicyclic amines) is 1. The maximum atomic E-state index is 13.3. The van der Waals surface area contributed by atoms with Crippen molar-refractivity contribution in [1.29, 1.82) is 0 Å². The number of carbonyl (C=O) groups is 4. The first-order valence-corrected chi connectivity index (χ1v) is 12.3. The van der Waals surface area contributed by atoms with Crippen LogP contribution >= 0.6 is 11.8 Å². The van der Waals surface area contributed by atoms with Crippen molar-refractivity contribution in [2.24, 2.45) is 0 Å². The van der Waals surface area contributed by atoms with Crippen molar-refractivity contribution < 1.29 is 19.2 Å². The minimum atomic E-state index is -0.584. The number of carbonyl (C=O) groups excluding carboxylic acids is 4. The average molecular weight is 492 g/mol. The molecule has 1 aromatic carbocycles. The molecule has 3 atom stereocenters. The Hall–Kier alpha value is -3.66. The molecule has 0 saturated carbocycles. The normalized spacial score (nSPS) is 22.8. The van der Waals surface area contributed by atoms with Crippen molar-refractivity contribution in [1.82, 2.24) is 20.5 Å². The van der Waals surface area contributed by atoms with Crippen molar-refractivity contribution in [3.8, 4) is 0 Å². The van der Waals surface area contributed by atoms with Gasteiger partial charge in [-0.05, 0) is 44.0 Å². The van der Waals surface area contributed by atoms with Crippen LogP contribution in [0.5, 0.6) is 0 Å². The minimum Gasteiger partial charge on any atom is -0.351 e. The summed E-state index contributed by atoms with van der Waals surface area (Å²) in [6, 6.07) is 7.58. The molecule has 5 rings (SSSR count). The summed E-state index contributed by atoms with van der Waals surface area (Å²) >= 11 is 1.32. The largest absolute Gasteiger partial charge is 0.351 e. The number of hydrogen-bond acceptors (Lipinski definition) is 6. The van der Waals surface area contributed by atoms with Crippen molar-refractivity contribution in [2.75, 3.05) is 18.0 Å². The Morgan fingerprint density at radius 2 is 2.11 bits per heavy atom. The summed E-state index contributed by atoms with van der Waals surface area (Å²) in [5, 5.41) is 6.15. The van der Waals surface area contributed by atoms with Crippen LogP contribution in [0.15, 0.2) is 54.2 Å². The highest BCUT2D eigenvalue weighted by molar-refractivity contribution is 8.01. The Kier molecular flexibility index (Phi) is 6.06. The number of nitrogens with one attached hydrogen (secondary N) is 2. The quantitative estimate of drug-likeness (QED) is 0.491. The Morgan fingerprint density at radius 1 is 1.29 bits per heavy atom. The molecular formula is C25H25N5O4S. The third-order valence-electron chi connectivity index (χ3n) is 6.53. The van der Waals surface area contributed by atoms with E-state index < -0.39 is 11.3 Å². The van der Waals surface area contributed by atoms with Gasteiger partial charge in [-0.25, -0.2) is 9.78 Å². The molecule has 1 aromatic heterocycles. The fraction of sp³-hybridized carbons (Fsp3) is 0.320. The van der Waals surface area contributed by atoms with Crippen LogP contribution in [0.2, 0.25) is 0 Å². The topological polar surface area (TPSA) is 112 Å². The van der Waals surface area contributed by atoms with Crippen LogP contribution in [0.4, 0.5) is 16.2 Å². The van der Waals surface area contributed by atoms with Crippen LogP contribution in [0.3, 0.4) is 0 Å². The predicted octanol–water partition coefficient (Wildman–Crippen LogP) is 2.95. The molecule has 2 aromatic rings. The van der Waals surface area contributed by atoms with E-state index in [0.29, 0.717) is 35.1 Å². The Bertz CT molecular complexity index is 1250. The number of benzene rings is 1. The van der Waals surface area contributed by atoms with Gasteiger partial charge in [0.05, 0.1) is 17.4 Å². The maximum Gasteiger partial charge on any atom is 0.327 e. The number of Topliss-reactive ketones (excluding diaryl/α,β-unsaturated/α-hetero) is 1. The van der Waals surface area contributed by atoms with Crippen LogP contribution in [0.1, 0.15) is 41.7 Å². The number of pyridine rings is 1. The van der Waals surface area contributed by atoms with Crippen molar-refractivity contribution >= 4 is 46.8 Å². The lowest BCUT2D eigenvalue weighted by Crippen LogP contribution is -2.53. The fourth-order valence-corrected chi connectivity index (χ4v) is 6.09. The van der Waals surface area contributed by atoms with Crippen LogP contribution in [-0.2, 0) is 9.59 Å². The van der Waals surface area contributed by atoms with Gasteiger partial charge in [0.1, 0.15) is 10.3 Å². The van der Waals surface area contributed by atoms with E-state index in [4.69, 9.17) is 0 Å². The zero-order valence-electron chi connectivity index (χ0n) is 19.2. The standard InChI is InChI=1S/C25H25N5O4S/c1-3-19(32)29-11-5-7-16(13-29)27-23(33)22-21-20-18(9-10-26-24(20)35-22)30(25(34)28-21)17-8-4-6-15(12-17)14(2)31/h3-4,6,8-10,12,16,21-22H,1,5,7,11,13H2,2H3,(H,27,33)(H,28,34)/t16?,21?,22-/m1/s1. The first kappa shape index (κ1) is 23.1. The van der Waals surface area contributed by atoms with Gasteiger partial charge in [-0.2, -0.15) is 0 Å². The molecule has 35 heavy (non-hydrogen) atoms. The number of aromatic nitrogens is 1. The van der Waals surface area contributed by atoms with Gasteiger partial charge in [-0.1, -0.05) is 30.5 Å². The molecule has 9 nitrogen and oxygen atoms in total. The zero-order chi connectivity index (χ0) is 24.7. The molecule has 4 amide bonds. The molecule has 0 radical (unpaired) electrons. The number of ketones is 1. The third kappa shape index (κ3) is 4.18. The van der Waals surface area contributed by atoms with E-state index in [1.165, 1.54) is 29.7 Å². The maximum absolute atomic E-state index is 13.3. The second kappa shape index (κ2) is 9.18. The van der Waals surface area contributed by atoms with E-state index >= 15 is 0 Å². The predicted molar refractivity (Wildman–Crippen MR) is 132 cm³/mol. The summed E-state index contributed by atoms with van der Waals surface area (Å²) < 4.78 is 0. The van der Waals surface area contributed by atoms with Crippen molar-refractivity contribution in [2.45, 2.75) is 42.1 Å². The molecule has 1 fully saturated rings. The van der Waals surface area contributed by atoms with Gasteiger partial charge in [0.25, 0.3) is 0 Å². The van der Waals surface area contributed by atoms with E-state index in [1.54, 1.807) is 41.4 Å². The molecule has 0 spiro atoms. The van der Waals surface area contributed by atoms with Crippen LogP contribution in [0.25, 0.3) is 0 Å². The summed E-state index contributed by atoms with van der Waals surface area (Å²) in [6.07, 6.45) is 4.48. The summed E-state index contributed by atoms with van der Waals surface area (Å²) in [4.78, 5) is 58.1. The van der Waals surface area contributed by atoms with Gasteiger partial charge in [0.2, 0.25) is 11.8 Å². The third-order valence-corrected chi connectivity index (χ3v) is 7.82. The van der Waals surface area contributed by atoms with E-state index in [9.17, 15) is 19.2 Å². The zero-order valence-corrected chi connectivity index (χ0v) is 20.0. The monoisotopic (exact) mass is 491 g/mol. The number of urea groups is 1. The second-order valence-electron chi connectivity index (χ2n) is 8.79. The van der Waals surface area contributed by atoms with Crippen LogP contribution in [0, 0.1) is 0 Å². The summed E-state index contributed by atoms with van der Waals surface area (Å²) in [5.41, 5.74) is 2.51. The number of anilines is 2. The number of hydrogen-bond donors (Lipinski definition) is 2. The number of rotatable bonds is 5. The summed E-state index contributed by atoms with van der Waals surface area (Å²) in [7, 11) is 0. The molecule has 3 aliphatic heterocycles. The Morgan fingerprint density at radius 3 is 2.89 bits per heavy atom. The van der Waals surface area contributed by atoms with E-state index in [1.807, 2.05) is 0 Å². The molecule has 10 heteroatoms. The lowest BCUT2D eigenvalue weighted by atomic mass is 9.99. The summed E-state index contributed by atoms with van der Waals surface area (Å²) in [5.74, 6) is -0.437. The molecule has 3 aliphatic rings. The van der Waals surface area contributed by atoms with Crippen molar-refractivity contribution in [3.63, 3.8) is 0 Å². The molecule has 2 unspecified atom stereocenters. The molecule has 2 N–H and O–H groups in total. The van der Waals surface area contributed by atoms with Gasteiger partial charge in [-0.3, -0.25) is 19.3 Å². The molecule has 180 valence electrons. The molecule has 1 saturated heterocycles. The molecule has 4 heterocycles. The average Bonchev–Trinajstić information content (AvgIpc) is 3.23. The SMILES string of the molecule is C=CC(=O)N1CCCC(NC(=O)[C@@H]2Sc3nccc4c3C2NC(=O)N4c2cccc(C(C)=O)c2)C1. The first-order chi connectivity index (χ1) is 16.9. The van der Waals surface area contributed by atoms with Gasteiger partial charge < -0.3 is 15.5 Å². The Balaban J connectivity index is 1.39. The number of nitrogens with zero attached hydrogens (tertiary/aromatic N) is 3. The smallest absolute Gasteiger partial charge is 0.327 e. The van der Waals surface area contributed by atoms with Crippen LogP contribution in [-0.4, -0.2) is 57.9 Å². The van der Waals surface area contributed by atoms with Gasteiger partial charge in [0, 0.05) is 36.5 Å². The summed E-state index contributed by atoms with van der Waals surface area (Å²) in [6.45, 7) is 6.10. The lowest BCUT2D eigenvalue weighted by Gasteiger charge is -2.35. The minimum absolute atomic E-state index is 0.0922. The highest BCUT2D eigenvalue weighted by Gasteiger charge is 2.47. The highest BCUT2D eigenvalue weighted by atomic mass is 32.2. The van der Waals surface area contributed by atoms with Crippen molar-refractivity contribution in [3.05, 3.63) is 60.3 Å². The molecule has 0 bridgehead atoms. The van der Waals surface area contributed by atoms with Gasteiger partial charge in [0.15, 0.2) is 5.78 Å². The van der Waals surface area contributed by atoms with E-state index in [0.717, 1.165) is 18.4 Å². The number of amides is 4. The second-order valence-corrected chi connectivity index (χ2v) is 9.92. The number of piperidine rings is 1. The highest BCUT2D eigenvalue weighted by Crippen LogP contribution is 2.50. The van der Waals surface area contributed by atoms with Crippen LogP contribution < -0.4 is 15.5 Å². The fourth-order valence-electron chi connectivity index (χ4n) is 4.85. The van der Waals surface area contributed by atoms with E-state index in [2.05, 4.69) is 22.2 Å². The Labute approximate surface area is 206 Å². The first-order valence-electron chi connectivity index (χ1n) is 11.5. The lowest BCUT2D eigenvalue weighted by molar-refractivity contribution is -0.129. The van der Waals surface area contributed by atoms with E-state index in [-0.39, 0.29) is 29.7 Å². The van der Waals surface area contributed by atoms with Gasteiger partial charge >= 0.3 is 6.03 Å². The van der Waals surface area contributed by atoms with Gasteiger partial charge in [-0.15, -0.1) is 0 Å².